The molecule has 1 unspecified atom stereocenters. The van der Waals surface area contributed by atoms with E-state index < -0.39 is 0 Å². The predicted molar refractivity (Wildman–Crippen MR) is 81.1 cm³/mol. The van der Waals surface area contributed by atoms with E-state index in [0.717, 1.165) is 24.1 Å². The summed E-state index contributed by atoms with van der Waals surface area (Å²) < 4.78 is 8.03. The maximum atomic E-state index is 6.00. The third-order valence-corrected chi connectivity index (χ3v) is 4.17. The molecule has 6 nitrogen and oxygen atoms in total. The van der Waals surface area contributed by atoms with Crippen LogP contribution < -0.4 is 5.73 Å². The number of imidazole rings is 1. The molecule has 1 fully saturated rings. The first kappa shape index (κ1) is 13.7. The largest absolute Gasteiger partial charge is 0.369 e. The van der Waals surface area contributed by atoms with E-state index in [2.05, 4.69) is 31.1 Å². The van der Waals surface area contributed by atoms with Gasteiger partial charge >= 0.3 is 0 Å². The minimum Gasteiger partial charge on any atom is -0.369 e. The Labute approximate surface area is 120 Å². The molecule has 0 saturated heterocycles. The Kier molecular flexibility index (Phi) is 3.61. The molecule has 3 atom stereocenters. The number of hydrogen-bond donors (Lipinski definition) is 1. The van der Waals surface area contributed by atoms with Crippen LogP contribution in [0.25, 0.3) is 11.2 Å². The zero-order valence-electron chi connectivity index (χ0n) is 11.6. The van der Waals surface area contributed by atoms with Gasteiger partial charge in [0.2, 0.25) is 5.95 Å². The van der Waals surface area contributed by atoms with Crippen molar-refractivity contribution in [3.63, 3.8) is 0 Å². The molecule has 2 aromatic heterocycles. The topological polar surface area (TPSA) is 78.9 Å². The van der Waals surface area contributed by atoms with E-state index in [-0.39, 0.29) is 11.5 Å². The predicted octanol–water partition coefficient (Wildman–Crippen LogP) is 1.82. The number of nitrogen functional groups attached to an aromatic ring is 1. The fraction of sp³-hybridized carbons (Fsp3) is 0.615. The molecule has 0 aliphatic heterocycles. The van der Waals surface area contributed by atoms with Crippen molar-refractivity contribution in [1.82, 2.24) is 19.5 Å². The van der Waals surface area contributed by atoms with Gasteiger partial charge in [0.05, 0.1) is 31.0 Å². The van der Waals surface area contributed by atoms with Gasteiger partial charge in [-0.1, -0.05) is 13.3 Å². The van der Waals surface area contributed by atoms with Crippen molar-refractivity contribution in [1.29, 1.82) is 0 Å². The Morgan fingerprint density at radius 1 is 1.55 bits per heavy atom. The monoisotopic (exact) mass is 293 g/mol. The standard InChI is InChI=1S/C13H20N5OP/c1-2-3-9-4-13(9,19-8-20)6-18-7-16-10-5-15-12(14)17-11(10)18/h5,7,9H,2-4,6,8,20H2,1H3,(H2,14,15,17)/t9-,13+/m0/s1. The zero-order chi connectivity index (χ0) is 14.2. The maximum Gasteiger partial charge on any atom is 0.222 e. The summed E-state index contributed by atoms with van der Waals surface area (Å²) in [4.78, 5) is 12.6. The van der Waals surface area contributed by atoms with Crippen LogP contribution in [0.5, 0.6) is 0 Å². The number of ether oxygens (including phenoxy) is 1. The van der Waals surface area contributed by atoms with Crippen LogP contribution in [0.3, 0.4) is 0 Å². The molecule has 0 radical (unpaired) electrons. The molecule has 1 saturated carbocycles. The summed E-state index contributed by atoms with van der Waals surface area (Å²) >= 11 is 0. The fourth-order valence-electron chi connectivity index (χ4n) is 2.93. The average Bonchev–Trinajstić information content (AvgIpc) is 2.93. The van der Waals surface area contributed by atoms with Crippen LogP contribution in [0.1, 0.15) is 26.2 Å². The smallest absolute Gasteiger partial charge is 0.222 e. The second kappa shape index (κ2) is 5.26. The summed E-state index contributed by atoms with van der Waals surface area (Å²) in [5.74, 6) is 0.908. The number of fused-ring (bicyclic) bond motifs is 1. The van der Waals surface area contributed by atoms with Crippen LogP contribution in [0.4, 0.5) is 5.95 Å². The van der Waals surface area contributed by atoms with E-state index in [1.165, 1.54) is 12.8 Å². The third kappa shape index (κ3) is 2.38. The van der Waals surface area contributed by atoms with Crippen molar-refractivity contribution in [2.45, 2.75) is 38.3 Å². The lowest BCUT2D eigenvalue weighted by Crippen LogP contribution is -2.24. The highest BCUT2D eigenvalue weighted by Gasteiger charge is 2.54. The molecule has 2 heterocycles. The Hall–Kier alpha value is -1.26. The molecule has 1 aliphatic carbocycles. The molecule has 0 amide bonds. The van der Waals surface area contributed by atoms with Gasteiger partial charge in [0.25, 0.3) is 0 Å². The lowest BCUT2D eigenvalue weighted by molar-refractivity contribution is 0.0387. The van der Waals surface area contributed by atoms with Crippen LogP contribution in [0, 0.1) is 5.92 Å². The molecule has 2 aromatic rings. The summed E-state index contributed by atoms with van der Waals surface area (Å²) in [6.45, 7) is 2.99. The molecule has 0 spiro atoms. The van der Waals surface area contributed by atoms with Gasteiger partial charge in [-0.25, -0.2) is 9.97 Å². The summed E-state index contributed by atoms with van der Waals surface area (Å²) in [6.07, 6.45) is 7.61. The van der Waals surface area contributed by atoms with Crippen molar-refractivity contribution >= 4 is 26.4 Å². The number of rotatable bonds is 6. The van der Waals surface area contributed by atoms with Gasteiger partial charge < -0.3 is 15.0 Å². The van der Waals surface area contributed by atoms with Crippen LogP contribution in [-0.4, -0.2) is 31.5 Å². The Morgan fingerprint density at radius 3 is 3.15 bits per heavy atom. The van der Waals surface area contributed by atoms with Gasteiger partial charge in [0.1, 0.15) is 5.52 Å². The highest BCUT2D eigenvalue weighted by Crippen LogP contribution is 2.51. The van der Waals surface area contributed by atoms with Gasteiger partial charge in [-0.15, -0.1) is 9.24 Å². The van der Waals surface area contributed by atoms with E-state index >= 15 is 0 Å². The Balaban J connectivity index is 1.86. The van der Waals surface area contributed by atoms with Crippen LogP contribution >= 0.6 is 9.24 Å². The number of hydrogen-bond acceptors (Lipinski definition) is 5. The maximum absolute atomic E-state index is 6.00. The molecule has 1 aliphatic rings. The Morgan fingerprint density at radius 2 is 2.40 bits per heavy atom. The molecule has 2 N–H and O–H groups in total. The number of nitrogens with zero attached hydrogens (tertiary/aromatic N) is 4. The second-order valence-corrected chi connectivity index (χ2v) is 5.71. The lowest BCUT2D eigenvalue weighted by atomic mass is 10.1. The molecule has 108 valence electrons. The van der Waals surface area contributed by atoms with E-state index in [0.29, 0.717) is 12.3 Å². The van der Waals surface area contributed by atoms with E-state index in [9.17, 15) is 0 Å². The van der Waals surface area contributed by atoms with Gasteiger partial charge in [-0.05, 0) is 18.8 Å². The van der Waals surface area contributed by atoms with Crippen LogP contribution in [0.2, 0.25) is 0 Å². The summed E-state index contributed by atoms with van der Waals surface area (Å²) in [5.41, 5.74) is 7.16. The van der Waals surface area contributed by atoms with Crippen molar-refractivity contribution in [3.8, 4) is 0 Å². The normalized spacial score (nSPS) is 25.2. The van der Waals surface area contributed by atoms with Crippen molar-refractivity contribution in [3.05, 3.63) is 12.5 Å². The van der Waals surface area contributed by atoms with Crippen molar-refractivity contribution in [2.24, 2.45) is 5.92 Å². The van der Waals surface area contributed by atoms with E-state index in [4.69, 9.17) is 10.5 Å². The van der Waals surface area contributed by atoms with Crippen molar-refractivity contribution < 1.29 is 4.74 Å². The molecular formula is C13H20N5OP. The van der Waals surface area contributed by atoms with Crippen LogP contribution in [0.15, 0.2) is 12.5 Å². The Bertz CT molecular complexity index is 616. The molecular weight excluding hydrogens is 273 g/mol. The van der Waals surface area contributed by atoms with E-state index in [1.54, 1.807) is 12.5 Å². The lowest BCUT2D eigenvalue weighted by Gasteiger charge is -2.18. The number of anilines is 1. The molecule has 0 bridgehead atoms. The summed E-state index contributed by atoms with van der Waals surface area (Å²) in [6, 6.07) is 0. The average molecular weight is 293 g/mol. The second-order valence-electron chi connectivity index (χ2n) is 5.38. The first-order valence-corrected chi connectivity index (χ1v) is 7.77. The molecule has 0 aromatic carbocycles. The van der Waals surface area contributed by atoms with Gasteiger partial charge in [0.15, 0.2) is 5.65 Å². The zero-order valence-corrected chi connectivity index (χ0v) is 12.8. The third-order valence-electron chi connectivity index (χ3n) is 4.00. The fourth-order valence-corrected chi connectivity index (χ4v) is 3.26. The van der Waals surface area contributed by atoms with E-state index in [1.807, 2.05) is 4.57 Å². The molecule has 7 heteroatoms. The van der Waals surface area contributed by atoms with Gasteiger partial charge in [-0.3, -0.25) is 0 Å². The summed E-state index contributed by atoms with van der Waals surface area (Å²) in [7, 11) is 2.64. The molecule has 3 rings (SSSR count). The quantitative estimate of drug-likeness (QED) is 0.822. The molecule has 20 heavy (non-hydrogen) atoms. The minimum absolute atomic E-state index is 0.0644. The number of nitrogens with two attached hydrogens (primary N) is 1. The highest BCUT2D eigenvalue weighted by molar-refractivity contribution is 7.16. The minimum atomic E-state index is -0.0644. The van der Waals surface area contributed by atoms with Crippen LogP contribution in [-0.2, 0) is 11.3 Å². The SMILES string of the molecule is CCC[C@H]1C[C@]1(Cn1cnc2cnc(N)nc21)OCP. The van der Waals surface area contributed by atoms with Gasteiger partial charge in [-0.2, -0.15) is 4.98 Å². The number of aromatic nitrogens is 4. The first-order chi connectivity index (χ1) is 9.68. The van der Waals surface area contributed by atoms with Gasteiger partial charge in [0, 0.05) is 0 Å². The highest BCUT2D eigenvalue weighted by atomic mass is 31.0. The summed E-state index contributed by atoms with van der Waals surface area (Å²) in [5, 5.41) is 0. The van der Waals surface area contributed by atoms with Crippen molar-refractivity contribution in [2.75, 3.05) is 12.1 Å². The first-order valence-electron chi connectivity index (χ1n) is 6.96.